The maximum absolute atomic E-state index is 13.8. The maximum atomic E-state index is 13.8. The van der Waals surface area contributed by atoms with Crippen molar-refractivity contribution < 1.29 is 8.78 Å². The highest BCUT2D eigenvalue weighted by Gasteiger charge is 2.42. The smallest absolute Gasteiger partial charge is 0.130 e. The van der Waals surface area contributed by atoms with Crippen LogP contribution in [0.1, 0.15) is 31.4 Å². The van der Waals surface area contributed by atoms with E-state index in [0.717, 1.165) is 25.9 Å². The number of hydrogen-bond acceptors (Lipinski definition) is 2. The molecule has 19 heavy (non-hydrogen) atoms. The van der Waals surface area contributed by atoms with Crippen LogP contribution in [0.25, 0.3) is 0 Å². The van der Waals surface area contributed by atoms with Crippen LogP contribution in [0.5, 0.6) is 0 Å². The topological polar surface area (TPSA) is 29.3 Å². The lowest BCUT2D eigenvalue weighted by atomic mass is 9.98. The van der Waals surface area contributed by atoms with Gasteiger partial charge in [-0.05, 0) is 43.7 Å². The number of nitrogens with zero attached hydrogens (tertiary/aromatic N) is 1. The normalized spacial score (nSPS) is 32.5. The van der Waals surface area contributed by atoms with Gasteiger partial charge in [0, 0.05) is 30.7 Å². The molecule has 2 aliphatic rings. The van der Waals surface area contributed by atoms with Crippen LogP contribution in [-0.2, 0) is 0 Å². The third-order valence-electron chi connectivity index (χ3n) is 4.91. The van der Waals surface area contributed by atoms with Gasteiger partial charge in [0.25, 0.3) is 0 Å². The zero-order valence-electron chi connectivity index (χ0n) is 11.2. The molecular formula is C15H20F2N2. The molecule has 0 aromatic heterocycles. The summed E-state index contributed by atoms with van der Waals surface area (Å²) in [5.74, 6) is 0.201. The molecule has 1 saturated heterocycles. The van der Waals surface area contributed by atoms with Crippen molar-refractivity contribution in [2.75, 3.05) is 13.1 Å². The lowest BCUT2D eigenvalue weighted by Gasteiger charge is -2.26. The summed E-state index contributed by atoms with van der Waals surface area (Å²) in [6, 6.07) is 4.11. The summed E-state index contributed by atoms with van der Waals surface area (Å²) in [7, 11) is 0. The van der Waals surface area contributed by atoms with Gasteiger partial charge in [-0.2, -0.15) is 0 Å². The van der Waals surface area contributed by atoms with Crippen LogP contribution < -0.4 is 5.73 Å². The highest BCUT2D eigenvalue weighted by molar-refractivity contribution is 5.23. The molecule has 104 valence electrons. The minimum absolute atomic E-state index is 0.191. The second kappa shape index (κ2) is 4.84. The van der Waals surface area contributed by atoms with Crippen LogP contribution in [-0.4, -0.2) is 24.0 Å². The predicted octanol–water partition coefficient (Wildman–Crippen LogP) is 2.69. The molecule has 0 radical (unpaired) electrons. The summed E-state index contributed by atoms with van der Waals surface area (Å²) in [6.45, 7) is 3.65. The number of nitrogens with two attached hydrogens (primary N) is 1. The Labute approximate surface area is 112 Å². The van der Waals surface area contributed by atoms with Crippen LogP contribution in [0.3, 0.4) is 0 Å². The molecule has 4 atom stereocenters. The van der Waals surface area contributed by atoms with Gasteiger partial charge >= 0.3 is 0 Å². The molecule has 4 heteroatoms. The van der Waals surface area contributed by atoms with Gasteiger partial charge in [-0.15, -0.1) is 0 Å². The fourth-order valence-electron chi connectivity index (χ4n) is 3.75. The molecule has 1 aliphatic heterocycles. The first kappa shape index (κ1) is 13.0. The Morgan fingerprint density at radius 3 is 2.53 bits per heavy atom. The highest BCUT2D eigenvalue weighted by atomic mass is 19.1. The Hall–Kier alpha value is -1.00. The van der Waals surface area contributed by atoms with Crippen LogP contribution in [0.4, 0.5) is 8.78 Å². The second-order valence-electron chi connectivity index (χ2n) is 5.93. The van der Waals surface area contributed by atoms with Crippen molar-refractivity contribution in [3.8, 4) is 0 Å². The van der Waals surface area contributed by atoms with Gasteiger partial charge in [0.05, 0.1) is 0 Å². The van der Waals surface area contributed by atoms with Crippen LogP contribution in [0.15, 0.2) is 18.2 Å². The molecule has 0 bridgehead atoms. The Balaban J connectivity index is 1.80. The summed E-state index contributed by atoms with van der Waals surface area (Å²) in [5, 5.41) is 0. The Kier molecular flexibility index (Phi) is 3.31. The summed E-state index contributed by atoms with van der Waals surface area (Å²) in [6.07, 6.45) is 2.24. The maximum Gasteiger partial charge on any atom is 0.130 e. The molecule has 1 aromatic carbocycles. The number of benzene rings is 1. The second-order valence-corrected chi connectivity index (χ2v) is 5.93. The van der Waals surface area contributed by atoms with Crippen molar-refractivity contribution >= 4 is 0 Å². The molecule has 2 nitrogen and oxygen atoms in total. The molecule has 4 unspecified atom stereocenters. The van der Waals surface area contributed by atoms with Crippen molar-refractivity contribution in [3.05, 3.63) is 35.4 Å². The first-order chi connectivity index (χ1) is 9.08. The molecule has 0 amide bonds. The first-order valence-electron chi connectivity index (χ1n) is 7.01. The molecular weight excluding hydrogens is 246 g/mol. The van der Waals surface area contributed by atoms with E-state index in [1.807, 2.05) is 6.92 Å². The van der Waals surface area contributed by atoms with Gasteiger partial charge in [0.2, 0.25) is 0 Å². The van der Waals surface area contributed by atoms with Gasteiger partial charge in [-0.1, -0.05) is 6.07 Å². The molecule has 3 rings (SSSR count). The van der Waals surface area contributed by atoms with Gasteiger partial charge in [-0.25, -0.2) is 8.78 Å². The lowest BCUT2D eigenvalue weighted by Crippen LogP contribution is -2.32. The van der Waals surface area contributed by atoms with Crippen molar-refractivity contribution in [3.63, 3.8) is 0 Å². The van der Waals surface area contributed by atoms with E-state index in [0.29, 0.717) is 11.8 Å². The molecule has 0 spiro atoms. The van der Waals surface area contributed by atoms with Gasteiger partial charge in [-0.3, -0.25) is 4.90 Å². The number of rotatable bonds is 2. The first-order valence-corrected chi connectivity index (χ1v) is 7.01. The zero-order valence-corrected chi connectivity index (χ0v) is 11.2. The minimum atomic E-state index is -0.450. The van der Waals surface area contributed by atoms with Crippen LogP contribution >= 0.6 is 0 Å². The Morgan fingerprint density at radius 1 is 1.21 bits per heavy atom. The van der Waals surface area contributed by atoms with Crippen molar-refractivity contribution in [1.82, 2.24) is 4.90 Å². The molecule has 2 fully saturated rings. The van der Waals surface area contributed by atoms with E-state index in [-0.39, 0.29) is 17.6 Å². The monoisotopic (exact) mass is 266 g/mol. The largest absolute Gasteiger partial charge is 0.327 e. The van der Waals surface area contributed by atoms with E-state index in [9.17, 15) is 8.78 Å². The van der Waals surface area contributed by atoms with Gasteiger partial charge in [0.15, 0.2) is 0 Å². The number of hydrogen-bond donors (Lipinski definition) is 1. The van der Waals surface area contributed by atoms with E-state index >= 15 is 0 Å². The highest BCUT2D eigenvalue weighted by Crippen LogP contribution is 2.40. The molecule has 2 N–H and O–H groups in total. The van der Waals surface area contributed by atoms with Crippen LogP contribution in [0.2, 0.25) is 0 Å². The quantitative estimate of drug-likeness (QED) is 0.891. The fourth-order valence-corrected chi connectivity index (χ4v) is 3.75. The number of fused-ring (bicyclic) bond motifs is 1. The van der Waals surface area contributed by atoms with Gasteiger partial charge in [0.1, 0.15) is 11.6 Å². The van der Waals surface area contributed by atoms with Crippen molar-refractivity contribution in [2.45, 2.75) is 31.8 Å². The number of halogens is 2. The van der Waals surface area contributed by atoms with E-state index < -0.39 is 11.6 Å². The Bertz CT molecular complexity index is 457. The SMILES string of the molecule is CC(c1c(F)cccc1F)N1CC2CCC(N)C2C1. The third kappa shape index (κ3) is 2.17. The molecule has 1 saturated carbocycles. The lowest BCUT2D eigenvalue weighted by molar-refractivity contribution is 0.229. The van der Waals surface area contributed by atoms with E-state index in [2.05, 4.69) is 4.90 Å². The molecule has 1 heterocycles. The summed E-state index contributed by atoms with van der Waals surface area (Å²) >= 11 is 0. The standard InChI is InChI=1S/C15H20F2N2/c1-9(15-12(16)3-2-4-13(15)17)19-7-10-5-6-14(18)11(10)8-19/h2-4,9-11,14H,5-8,18H2,1H3. The number of likely N-dealkylation sites (tertiary alicyclic amines) is 1. The summed E-state index contributed by atoms with van der Waals surface area (Å²) in [5.41, 5.74) is 6.30. The third-order valence-corrected chi connectivity index (χ3v) is 4.91. The zero-order chi connectivity index (χ0) is 13.6. The summed E-state index contributed by atoms with van der Waals surface area (Å²) < 4.78 is 27.7. The van der Waals surface area contributed by atoms with Crippen molar-refractivity contribution in [1.29, 1.82) is 0 Å². The fraction of sp³-hybridized carbons (Fsp3) is 0.600. The average Bonchev–Trinajstić information content (AvgIpc) is 2.92. The summed E-state index contributed by atoms with van der Waals surface area (Å²) in [4.78, 5) is 2.18. The van der Waals surface area contributed by atoms with E-state index in [4.69, 9.17) is 5.73 Å². The van der Waals surface area contributed by atoms with E-state index in [1.165, 1.54) is 18.2 Å². The van der Waals surface area contributed by atoms with E-state index in [1.54, 1.807) is 0 Å². The van der Waals surface area contributed by atoms with Crippen molar-refractivity contribution in [2.24, 2.45) is 17.6 Å². The van der Waals surface area contributed by atoms with Crippen LogP contribution in [0, 0.1) is 23.5 Å². The minimum Gasteiger partial charge on any atom is -0.327 e. The molecule has 1 aliphatic carbocycles. The Morgan fingerprint density at radius 2 is 1.89 bits per heavy atom. The molecule has 1 aromatic rings. The predicted molar refractivity (Wildman–Crippen MR) is 70.5 cm³/mol. The van der Waals surface area contributed by atoms with Gasteiger partial charge < -0.3 is 5.73 Å². The average molecular weight is 266 g/mol.